The van der Waals surface area contributed by atoms with E-state index in [9.17, 15) is 19.2 Å². The van der Waals surface area contributed by atoms with Crippen LogP contribution in [0.2, 0.25) is 0 Å². The van der Waals surface area contributed by atoms with Gasteiger partial charge in [0.1, 0.15) is 18.8 Å². The van der Waals surface area contributed by atoms with Crippen LogP contribution in [0.4, 0.5) is 0 Å². The van der Waals surface area contributed by atoms with Crippen molar-refractivity contribution in [2.45, 2.75) is 55.2 Å². The van der Waals surface area contributed by atoms with Crippen LogP contribution in [0.25, 0.3) is 0 Å². The Labute approximate surface area is 188 Å². The van der Waals surface area contributed by atoms with Crippen LogP contribution in [0.5, 0.6) is 0 Å². The molecule has 0 radical (unpaired) electrons. The van der Waals surface area contributed by atoms with Gasteiger partial charge in [-0.15, -0.1) is 6.58 Å². The molecule has 1 fully saturated rings. The van der Waals surface area contributed by atoms with Crippen molar-refractivity contribution in [1.82, 2.24) is 5.32 Å². The van der Waals surface area contributed by atoms with Crippen molar-refractivity contribution in [2.24, 2.45) is 0 Å². The molecule has 1 saturated heterocycles. The summed E-state index contributed by atoms with van der Waals surface area (Å²) in [6.45, 7) is 6.52. The molecule has 13 heteroatoms. The van der Waals surface area contributed by atoms with Crippen LogP contribution in [-0.4, -0.2) is 71.5 Å². The highest BCUT2D eigenvalue weighted by Crippen LogP contribution is 2.31. The fourth-order valence-electron chi connectivity index (χ4n) is 2.59. The Morgan fingerprint density at radius 2 is 1.60 bits per heavy atom. The molecule has 10 nitrogen and oxygen atoms in total. The summed E-state index contributed by atoms with van der Waals surface area (Å²) < 4.78 is 24.4. The minimum Gasteiger partial charge on any atom is -0.463 e. The van der Waals surface area contributed by atoms with Crippen LogP contribution in [0, 0.1) is 0 Å². The number of amides is 1. The molecule has 1 aliphatic rings. The number of esters is 3. The molecule has 0 unspecified atom stereocenters. The van der Waals surface area contributed by atoms with Gasteiger partial charge < -0.3 is 29.0 Å². The number of alkyl halides is 3. The summed E-state index contributed by atoms with van der Waals surface area (Å²) in [5.74, 6) is -3.20. The van der Waals surface area contributed by atoms with Gasteiger partial charge in [0.2, 0.25) is 0 Å². The second kappa shape index (κ2) is 11.7. The Morgan fingerprint density at radius 1 is 1.03 bits per heavy atom. The summed E-state index contributed by atoms with van der Waals surface area (Å²) in [5, 5.41) is 2.37. The maximum Gasteiger partial charge on any atom is 0.303 e. The molecular formula is C17H22Cl3NO9. The van der Waals surface area contributed by atoms with E-state index in [1.54, 1.807) is 0 Å². The zero-order valence-corrected chi connectivity index (χ0v) is 18.7. The average Bonchev–Trinajstić information content (AvgIpc) is 2.60. The molecular weight excluding hydrogens is 469 g/mol. The maximum atomic E-state index is 12.3. The van der Waals surface area contributed by atoms with Gasteiger partial charge >= 0.3 is 17.9 Å². The van der Waals surface area contributed by atoms with E-state index in [0.717, 1.165) is 13.8 Å². The van der Waals surface area contributed by atoms with Gasteiger partial charge in [0.15, 0.2) is 18.5 Å². The zero-order valence-electron chi connectivity index (χ0n) is 16.4. The van der Waals surface area contributed by atoms with Crippen LogP contribution in [-0.2, 0) is 42.9 Å². The highest BCUT2D eigenvalue weighted by atomic mass is 35.6. The van der Waals surface area contributed by atoms with Crippen LogP contribution < -0.4 is 5.32 Å². The van der Waals surface area contributed by atoms with E-state index < -0.39 is 58.3 Å². The Bertz CT molecular complexity index is 667. The molecule has 5 atom stereocenters. The molecule has 0 aromatic heterocycles. The third-order valence-electron chi connectivity index (χ3n) is 3.63. The maximum absolute atomic E-state index is 12.3. The second-order valence-corrected chi connectivity index (χ2v) is 8.39. The van der Waals surface area contributed by atoms with Gasteiger partial charge in [-0.05, 0) is 0 Å². The molecule has 0 bridgehead atoms. The molecule has 0 aromatic carbocycles. The van der Waals surface area contributed by atoms with Crippen LogP contribution >= 0.6 is 34.8 Å². The van der Waals surface area contributed by atoms with E-state index in [1.165, 1.54) is 13.0 Å². The smallest absolute Gasteiger partial charge is 0.303 e. The Balaban J connectivity index is 3.35. The van der Waals surface area contributed by atoms with Gasteiger partial charge in [-0.2, -0.15) is 0 Å². The average molecular weight is 491 g/mol. The first-order valence-corrected chi connectivity index (χ1v) is 9.73. The minimum absolute atomic E-state index is 0.0316. The van der Waals surface area contributed by atoms with E-state index in [4.69, 9.17) is 58.5 Å². The van der Waals surface area contributed by atoms with Crippen molar-refractivity contribution in [3.63, 3.8) is 0 Å². The highest BCUT2D eigenvalue weighted by Gasteiger charge is 2.52. The SMILES string of the molecule is C=CCO[C@H]1O[C@H](COC(C)=O)[C@@H](OC(C)=O)[C@H](OC(C)=O)[C@H]1NC(=O)C(Cl)(Cl)Cl. The van der Waals surface area contributed by atoms with E-state index in [-0.39, 0.29) is 13.2 Å². The third-order valence-corrected chi connectivity index (χ3v) is 4.15. The lowest BCUT2D eigenvalue weighted by molar-refractivity contribution is -0.275. The standard InChI is InChI=1S/C17H22Cl3NO9/c1-5-6-26-15-12(21-16(25)17(18,19)20)14(29-10(4)24)13(28-9(3)23)11(30-15)7-27-8(2)22/h5,11-15H,1,6-7H2,2-4H3,(H,21,25)/t11-,12-,13-,14-,15+/m1/s1. The zero-order chi connectivity index (χ0) is 23.1. The topological polar surface area (TPSA) is 126 Å². The van der Waals surface area contributed by atoms with E-state index >= 15 is 0 Å². The predicted octanol–water partition coefficient (Wildman–Crippen LogP) is 1.20. The monoisotopic (exact) mass is 489 g/mol. The molecule has 30 heavy (non-hydrogen) atoms. The lowest BCUT2D eigenvalue weighted by atomic mass is 9.96. The fourth-order valence-corrected chi connectivity index (χ4v) is 2.76. The molecule has 1 aliphatic heterocycles. The van der Waals surface area contributed by atoms with Crippen LogP contribution in [0.3, 0.4) is 0 Å². The summed E-state index contributed by atoms with van der Waals surface area (Å²) in [6, 6.07) is -1.25. The predicted molar refractivity (Wildman–Crippen MR) is 105 cm³/mol. The lowest BCUT2D eigenvalue weighted by Gasteiger charge is -2.45. The lowest BCUT2D eigenvalue weighted by Crippen LogP contribution is -2.67. The molecule has 1 heterocycles. The Morgan fingerprint density at radius 3 is 2.07 bits per heavy atom. The number of carbonyl (C=O) groups is 4. The van der Waals surface area contributed by atoms with Crippen molar-refractivity contribution >= 4 is 58.6 Å². The van der Waals surface area contributed by atoms with Crippen molar-refractivity contribution < 1.29 is 42.9 Å². The van der Waals surface area contributed by atoms with Crippen LogP contribution in [0.15, 0.2) is 12.7 Å². The van der Waals surface area contributed by atoms with E-state index in [0.29, 0.717) is 0 Å². The number of carbonyl (C=O) groups excluding carboxylic acids is 4. The molecule has 0 aliphatic carbocycles. The van der Waals surface area contributed by atoms with Gasteiger partial charge in [0.05, 0.1) is 6.61 Å². The highest BCUT2D eigenvalue weighted by molar-refractivity contribution is 6.76. The molecule has 1 N–H and O–H groups in total. The van der Waals surface area contributed by atoms with Crippen molar-refractivity contribution in [2.75, 3.05) is 13.2 Å². The number of ether oxygens (including phenoxy) is 5. The Hall–Kier alpha value is -1.59. The molecule has 1 amide bonds. The summed E-state index contributed by atoms with van der Waals surface area (Å²) in [6.07, 6.45) is -3.58. The first-order valence-electron chi connectivity index (χ1n) is 8.60. The number of halogens is 3. The van der Waals surface area contributed by atoms with Gasteiger partial charge in [0, 0.05) is 20.8 Å². The van der Waals surface area contributed by atoms with Gasteiger partial charge in [-0.25, -0.2) is 0 Å². The summed E-state index contributed by atoms with van der Waals surface area (Å²) in [4.78, 5) is 46.9. The number of rotatable bonds is 8. The van der Waals surface area contributed by atoms with Crippen molar-refractivity contribution in [3.8, 4) is 0 Å². The largest absolute Gasteiger partial charge is 0.463 e. The van der Waals surface area contributed by atoms with E-state index in [1.807, 2.05) is 0 Å². The molecule has 0 spiro atoms. The molecule has 1 rings (SSSR count). The second-order valence-electron chi connectivity index (χ2n) is 6.11. The normalized spacial score (nSPS) is 26.3. The van der Waals surface area contributed by atoms with Crippen molar-refractivity contribution in [1.29, 1.82) is 0 Å². The fraction of sp³-hybridized carbons (Fsp3) is 0.647. The molecule has 0 aromatic rings. The first-order chi connectivity index (χ1) is 13.9. The van der Waals surface area contributed by atoms with Crippen LogP contribution in [0.1, 0.15) is 20.8 Å². The quantitative estimate of drug-likeness (QED) is 0.231. The van der Waals surface area contributed by atoms with E-state index in [2.05, 4.69) is 11.9 Å². The number of hydrogen-bond donors (Lipinski definition) is 1. The first kappa shape index (κ1) is 26.4. The molecule has 170 valence electrons. The summed E-state index contributed by atoms with van der Waals surface area (Å²) in [5.41, 5.74) is 0. The summed E-state index contributed by atoms with van der Waals surface area (Å²) >= 11 is 16.8. The van der Waals surface area contributed by atoms with Gasteiger partial charge in [-0.1, -0.05) is 40.9 Å². The molecule has 0 saturated carbocycles. The minimum atomic E-state index is -2.35. The third kappa shape index (κ3) is 8.27. The number of hydrogen-bond acceptors (Lipinski definition) is 9. The number of nitrogens with one attached hydrogen (secondary N) is 1. The summed E-state index contributed by atoms with van der Waals surface area (Å²) in [7, 11) is 0. The van der Waals surface area contributed by atoms with Gasteiger partial charge in [-0.3, -0.25) is 19.2 Å². The van der Waals surface area contributed by atoms with Gasteiger partial charge in [0.25, 0.3) is 9.70 Å². The van der Waals surface area contributed by atoms with Crippen molar-refractivity contribution in [3.05, 3.63) is 12.7 Å². The Kier molecular flexibility index (Phi) is 10.3.